The molecule has 1 N–H and O–H groups in total. The van der Waals surface area contributed by atoms with Gasteiger partial charge in [0.15, 0.2) is 11.5 Å². The molecular formula is C16H15FO3. The predicted octanol–water partition coefficient (Wildman–Crippen LogP) is 2.87. The quantitative estimate of drug-likeness (QED) is 0.931. The molecule has 20 heavy (non-hydrogen) atoms. The highest BCUT2D eigenvalue weighted by Crippen LogP contribution is 2.35. The average Bonchev–Trinajstić information content (AvgIpc) is 2.94. The van der Waals surface area contributed by atoms with Crippen LogP contribution in [0.5, 0.6) is 11.5 Å². The zero-order valence-electron chi connectivity index (χ0n) is 10.9. The number of hydrogen-bond donors (Lipinski definition) is 1. The van der Waals surface area contributed by atoms with Crippen LogP contribution in [0.4, 0.5) is 4.39 Å². The summed E-state index contributed by atoms with van der Waals surface area (Å²) in [6, 6.07) is 12.2. The summed E-state index contributed by atoms with van der Waals surface area (Å²) in [5.41, 5.74) is 1.52. The molecule has 3 nitrogen and oxygen atoms in total. The van der Waals surface area contributed by atoms with Gasteiger partial charge in [-0.2, -0.15) is 0 Å². The van der Waals surface area contributed by atoms with Gasteiger partial charge in [-0.15, -0.1) is 0 Å². The lowest BCUT2D eigenvalue weighted by Crippen LogP contribution is -2.09. The van der Waals surface area contributed by atoms with Gasteiger partial charge in [0.05, 0.1) is 6.61 Å². The van der Waals surface area contributed by atoms with E-state index in [-0.39, 0.29) is 25.1 Å². The minimum Gasteiger partial charge on any atom is -0.454 e. The maximum absolute atomic E-state index is 13.7. The lowest BCUT2D eigenvalue weighted by atomic mass is 9.92. The summed E-state index contributed by atoms with van der Waals surface area (Å²) < 4.78 is 24.3. The van der Waals surface area contributed by atoms with Gasteiger partial charge in [-0.1, -0.05) is 24.3 Å². The largest absolute Gasteiger partial charge is 0.454 e. The SMILES string of the molecule is OCC(Cc1ccccc1F)c1ccc2c(c1)OCO2. The molecule has 0 fully saturated rings. The predicted molar refractivity (Wildman–Crippen MR) is 72.5 cm³/mol. The van der Waals surface area contributed by atoms with E-state index >= 15 is 0 Å². The highest BCUT2D eigenvalue weighted by atomic mass is 19.1. The highest BCUT2D eigenvalue weighted by molar-refractivity contribution is 5.45. The van der Waals surface area contributed by atoms with Gasteiger partial charge in [0.25, 0.3) is 0 Å². The second-order valence-electron chi connectivity index (χ2n) is 4.79. The molecule has 2 aromatic rings. The minimum atomic E-state index is -0.244. The second kappa shape index (κ2) is 5.51. The molecule has 1 unspecified atom stereocenters. The first-order valence-corrected chi connectivity index (χ1v) is 6.51. The fraction of sp³-hybridized carbons (Fsp3) is 0.250. The summed E-state index contributed by atoms with van der Waals surface area (Å²) in [4.78, 5) is 0. The van der Waals surface area contributed by atoms with Crippen molar-refractivity contribution in [3.8, 4) is 11.5 Å². The number of aliphatic hydroxyl groups is 1. The first-order chi connectivity index (χ1) is 9.78. The van der Waals surface area contributed by atoms with E-state index in [4.69, 9.17) is 9.47 Å². The summed E-state index contributed by atoms with van der Waals surface area (Å²) in [6.07, 6.45) is 0.447. The van der Waals surface area contributed by atoms with Crippen LogP contribution in [-0.4, -0.2) is 18.5 Å². The molecule has 0 aliphatic carbocycles. The maximum atomic E-state index is 13.7. The van der Waals surface area contributed by atoms with Crippen LogP contribution in [0, 0.1) is 5.82 Å². The van der Waals surface area contributed by atoms with Gasteiger partial charge >= 0.3 is 0 Å². The van der Waals surface area contributed by atoms with E-state index in [1.165, 1.54) is 6.07 Å². The van der Waals surface area contributed by atoms with Crippen molar-refractivity contribution < 1.29 is 19.0 Å². The van der Waals surface area contributed by atoms with Crippen LogP contribution in [0.3, 0.4) is 0 Å². The van der Waals surface area contributed by atoms with Gasteiger partial charge in [-0.25, -0.2) is 4.39 Å². The topological polar surface area (TPSA) is 38.7 Å². The van der Waals surface area contributed by atoms with Crippen LogP contribution in [0.2, 0.25) is 0 Å². The van der Waals surface area contributed by atoms with E-state index in [1.807, 2.05) is 18.2 Å². The van der Waals surface area contributed by atoms with Crippen molar-refractivity contribution in [3.05, 3.63) is 59.4 Å². The Labute approximate surface area is 116 Å². The number of aliphatic hydroxyl groups excluding tert-OH is 1. The van der Waals surface area contributed by atoms with Crippen molar-refractivity contribution >= 4 is 0 Å². The first kappa shape index (κ1) is 12.9. The van der Waals surface area contributed by atoms with Gasteiger partial charge in [0.2, 0.25) is 6.79 Å². The molecule has 0 spiro atoms. The third-order valence-corrected chi connectivity index (χ3v) is 3.51. The monoisotopic (exact) mass is 274 g/mol. The Morgan fingerprint density at radius 2 is 1.90 bits per heavy atom. The van der Waals surface area contributed by atoms with Crippen molar-refractivity contribution in [2.75, 3.05) is 13.4 Å². The fourth-order valence-corrected chi connectivity index (χ4v) is 2.38. The molecule has 4 heteroatoms. The zero-order chi connectivity index (χ0) is 13.9. The van der Waals surface area contributed by atoms with Crippen molar-refractivity contribution in [3.63, 3.8) is 0 Å². The molecule has 1 aliphatic rings. The standard InChI is InChI=1S/C16H15FO3/c17-14-4-2-1-3-12(14)7-13(9-18)11-5-6-15-16(8-11)20-10-19-15/h1-6,8,13,18H,7,9-10H2. The van der Waals surface area contributed by atoms with E-state index < -0.39 is 0 Å². The molecule has 3 rings (SSSR count). The number of ether oxygens (including phenoxy) is 2. The van der Waals surface area contributed by atoms with Crippen LogP contribution in [0.15, 0.2) is 42.5 Å². The highest BCUT2D eigenvalue weighted by Gasteiger charge is 2.18. The molecule has 0 bridgehead atoms. The van der Waals surface area contributed by atoms with Gasteiger partial charge < -0.3 is 14.6 Å². The van der Waals surface area contributed by atoms with Crippen LogP contribution in [0.1, 0.15) is 17.0 Å². The molecule has 0 saturated heterocycles. The van der Waals surface area contributed by atoms with Crippen molar-refractivity contribution in [1.29, 1.82) is 0 Å². The summed E-state index contributed by atoms with van der Waals surface area (Å²) in [5, 5.41) is 9.59. The summed E-state index contributed by atoms with van der Waals surface area (Å²) in [5.74, 6) is 0.971. The summed E-state index contributed by atoms with van der Waals surface area (Å²) >= 11 is 0. The zero-order valence-corrected chi connectivity index (χ0v) is 10.9. The normalized spacial score (nSPS) is 14.3. The van der Waals surface area contributed by atoms with Crippen molar-refractivity contribution in [2.45, 2.75) is 12.3 Å². The van der Waals surface area contributed by atoms with Gasteiger partial charge in [0, 0.05) is 5.92 Å². The Balaban J connectivity index is 1.85. The third-order valence-electron chi connectivity index (χ3n) is 3.51. The van der Waals surface area contributed by atoms with Crippen LogP contribution in [-0.2, 0) is 6.42 Å². The molecule has 0 radical (unpaired) electrons. The molecule has 0 aromatic heterocycles. The van der Waals surface area contributed by atoms with E-state index in [0.717, 1.165) is 5.56 Å². The first-order valence-electron chi connectivity index (χ1n) is 6.51. The Bertz CT molecular complexity index is 612. The molecule has 0 amide bonds. The molecule has 2 aromatic carbocycles. The smallest absolute Gasteiger partial charge is 0.231 e. The van der Waals surface area contributed by atoms with Crippen LogP contribution >= 0.6 is 0 Å². The number of fused-ring (bicyclic) bond motifs is 1. The number of rotatable bonds is 4. The average molecular weight is 274 g/mol. The Hall–Kier alpha value is -2.07. The van der Waals surface area contributed by atoms with Gasteiger partial charge in [-0.05, 0) is 35.7 Å². The maximum Gasteiger partial charge on any atom is 0.231 e. The number of benzene rings is 2. The second-order valence-corrected chi connectivity index (χ2v) is 4.79. The fourth-order valence-electron chi connectivity index (χ4n) is 2.38. The lowest BCUT2D eigenvalue weighted by molar-refractivity contribution is 0.174. The van der Waals surface area contributed by atoms with Crippen molar-refractivity contribution in [1.82, 2.24) is 0 Å². The molecular weight excluding hydrogens is 259 g/mol. The van der Waals surface area contributed by atoms with Crippen molar-refractivity contribution in [2.24, 2.45) is 0 Å². The van der Waals surface area contributed by atoms with Gasteiger partial charge in [0.1, 0.15) is 5.82 Å². The van der Waals surface area contributed by atoms with Crippen LogP contribution in [0.25, 0.3) is 0 Å². The van der Waals surface area contributed by atoms with E-state index in [9.17, 15) is 9.50 Å². The minimum absolute atomic E-state index is 0.0476. The lowest BCUT2D eigenvalue weighted by Gasteiger charge is -2.15. The summed E-state index contributed by atoms with van der Waals surface area (Å²) in [7, 11) is 0. The summed E-state index contributed by atoms with van der Waals surface area (Å²) in [6.45, 7) is 0.171. The molecule has 1 heterocycles. The Kier molecular flexibility index (Phi) is 3.56. The van der Waals surface area contributed by atoms with E-state index in [1.54, 1.807) is 18.2 Å². The van der Waals surface area contributed by atoms with E-state index in [2.05, 4.69) is 0 Å². The van der Waals surface area contributed by atoms with E-state index in [0.29, 0.717) is 23.5 Å². The number of hydrogen-bond acceptors (Lipinski definition) is 3. The molecule has 1 atom stereocenters. The third kappa shape index (κ3) is 2.47. The Morgan fingerprint density at radius 3 is 2.70 bits per heavy atom. The molecule has 1 aliphatic heterocycles. The molecule has 0 saturated carbocycles. The molecule has 104 valence electrons. The van der Waals surface area contributed by atoms with Crippen LogP contribution < -0.4 is 9.47 Å². The van der Waals surface area contributed by atoms with Gasteiger partial charge in [-0.3, -0.25) is 0 Å². The number of halogens is 1. The Morgan fingerprint density at radius 1 is 1.10 bits per heavy atom.